The lowest BCUT2D eigenvalue weighted by atomic mass is 10.2. The zero-order valence-corrected chi connectivity index (χ0v) is 12.6. The van der Waals surface area contributed by atoms with Gasteiger partial charge in [-0.3, -0.25) is 4.79 Å². The molecule has 0 spiro atoms. The predicted molar refractivity (Wildman–Crippen MR) is 78.2 cm³/mol. The smallest absolute Gasteiger partial charge is 0.307 e. The second kappa shape index (κ2) is 5.77. The molecule has 1 aromatic heterocycles. The van der Waals surface area contributed by atoms with Crippen molar-refractivity contribution in [2.24, 2.45) is 7.05 Å². The normalized spacial score (nSPS) is 17.8. The molecule has 1 atom stereocenters. The number of hydrogen-bond donors (Lipinski definition) is 0. The summed E-state index contributed by atoms with van der Waals surface area (Å²) < 4.78 is 12.0. The summed E-state index contributed by atoms with van der Waals surface area (Å²) in [6, 6.07) is 7.67. The van der Waals surface area contributed by atoms with Crippen LogP contribution in [0.2, 0.25) is 0 Å². The molecular weight excluding hydrogens is 290 g/mol. The Labute approximate surface area is 126 Å². The molecule has 2 aromatic rings. The molecule has 0 radical (unpaired) electrons. The highest BCUT2D eigenvalue weighted by Crippen LogP contribution is 2.30. The highest BCUT2D eigenvalue weighted by Gasteiger charge is 2.26. The van der Waals surface area contributed by atoms with Crippen LogP contribution in [0, 0.1) is 0 Å². The van der Waals surface area contributed by atoms with E-state index in [9.17, 15) is 4.79 Å². The van der Waals surface area contributed by atoms with Crippen molar-refractivity contribution < 1.29 is 14.3 Å². The number of hydrogen-bond acceptors (Lipinski definition) is 6. The third kappa shape index (κ3) is 2.87. The van der Waals surface area contributed by atoms with Crippen LogP contribution in [0.4, 0.5) is 0 Å². The zero-order valence-electron chi connectivity index (χ0n) is 11.8. The average molecular weight is 305 g/mol. The van der Waals surface area contributed by atoms with Gasteiger partial charge in [0.1, 0.15) is 12.4 Å². The average Bonchev–Trinajstić information content (AvgIpc) is 3.07. The molecule has 110 valence electrons. The van der Waals surface area contributed by atoms with Crippen molar-refractivity contribution in [3.63, 3.8) is 0 Å². The molecule has 0 amide bonds. The number of cyclic esters (lactones) is 1. The van der Waals surface area contributed by atoms with Crippen LogP contribution in [0.1, 0.15) is 6.42 Å². The number of methoxy groups -OCH3 is 1. The van der Waals surface area contributed by atoms with Gasteiger partial charge in [0.25, 0.3) is 0 Å². The van der Waals surface area contributed by atoms with Crippen molar-refractivity contribution in [2.45, 2.75) is 16.8 Å². The van der Waals surface area contributed by atoms with Gasteiger partial charge >= 0.3 is 5.97 Å². The summed E-state index contributed by atoms with van der Waals surface area (Å²) in [5.74, 6) is 1.44. The highest BCUT2D eigenvalue weighted by molar-refractivity contribution is 7.99. The molecule has 0 saturated carbocycles. The van der Waals surface area contributed by atoms with Crippen LogP contribution in [0.3, 0.4) is 0 Å². The minimum Gasteiger partial charge on any atom is -0.497 e. The predicted octanol–water partition coefficient (Wildman–Crippen LogP) is 1.90. The van der Waals surface area contributed by atoms with Crippen LogP contribution in [0.25, 0.3) is 11.4 Å². The Balaban J connectivity index is 1.79. The largest absolute Gasteiger partial charge is 0.497 e. The third-order valence-electron chi connectivity index (χ3n) is 3.28. The first kappa shape index (κ1) is 13.9. The van der Waals surface area contributed by atoms with Gasteiger partial charge in [-0.2, -0.15) is 0 Å². The first-order valence-electron chi connectivity index (χ1n) is 6.53. The fourth-order valence-electron chi connectivity index (χ4n) is 2.12. The van der Waals surface area contributed by atoms with Gasteiger partial charge in [0, 0.05) is 12.6 Å². The molecule has 1 aromatic carbocycles. The molecule has 0 bridgehead atoms. The van der Waals surface area contributed by atoms with Crippen molar-refractivity contribution in [3.05, 3.63) is 24.3 Å². The van der Waals surface area contributed by atoms with Crippen LogP contribution in [0.5, 0.6) is 5.75 Å². The Bertz CT molecular complexity index is 654. The SMILES string of the molecule is COc1ccc(-c2nnc(SC3COC(=O)C3)n2C)cc1. The van der Waals surface area contributed by atoms with Crippen LogP contribution < -0.4 is 4.74 Å². The molecule has 0 aliphatic carbocycles. The van der Waals surface area contributed by atoms with E-state index in [4.69, 9.17) is 9.47 Å². The van der Waals surface area contributed by atoms with Gasteiger partial charge < -0.3 is 14.0 Å². The molecule has 3 rings (SSSR count). The quantitative estimate of drug-likeness (QED) is 0.804. The summed E-state index contributed by atoms with van der Waals surface area (Å²) >= 11 is 1.52. The molecule has 1 aliphatic heterocycles. The summed E-state index contributed by atoms with van der Waals surface area (Å²) in [4.78, 5) is 11.1. The zero-order chi connectivity index (χ0) is 14.8. The van der Waals surface area contributed by atoms with E-state index in [1.165, 1.54) is 11.8 Å². The van der Waals surface area contributed by atoms with E-state index < -0.39 is 0 Å². The van der Waals surface area contributed by atoms with E-state index in [0.717, 1.165) is 22.3 Å². The second-order valence-electron chi connectivity index (χ2n) is 4.72. The van der Waals surface area contributed by atoms with Crippen molar-refractivity contribution in [3.8, 4) is 17.1 Å². The molecular formula is C14H15N3O3S. The first-order chi connectivity index (χ1) is 10.2. The number of carbonyl (C=O) groups excluding carboxylic acids is 1. The number of esters is 1. The fraction of sp³-hybridized carbons (Fsp3) is 0.357. The lowest BCUT2D eigenvalue weighted by Gasteiger charge is -2.07. The van der Waals surface area contributed by atoms with E-state index in [-0.39, 0.29) is 11.2 Å². The minimum atomic E-state index is -0.148. The molecule has 1 aliphatic rings. The number of ether oxygens (including phenoxy) is 2. The summed E-state index contributed by atoms with van der Waals surface area (Å²) in [7, 11) is 3.55. The van der Waals surface area contributed by atoms with Gasteiger partial charge in [-0.15, -0.1) is 10.2 Å². The van der Waals surface area contributed by atoms with Crippen LogP contribution in [-0.2, 0) is 16.6 Å². The molecule has 1 saturated heterocycles. The van der Waals surface area contributed by atoms with E-state index in [2.05, 4.69) is 10.2 Å². The lowest BCUT2D eigenvalue weighted by Crippen LogP contribution is -2.04. The maximum atomic E-state index is 11.1. The molecule has 1 unspecified atom stereocenters. The van der Waals surface area contributed by atoms with Gasteiger partial charge in [0.2, 0.25) is 0 Å². The van der Waals surface area contributed by atoms with Gasteiger partial charge in [0.15, 0.2) is 11.0 Å². The molecule has 7 heteroatoms. The van der Waals surface area contributed by atoms with Gasteiger partial charge in [-0.1, -0.05) is 11.8 Å². The Hall–Kier alpha value is -2.02. The number of aromatic nitrogens is 3. The Morgan fingerprint density at radius 1 is 1.33 bits per heavy atom. The lowest BCUT2D eigenvalue weighted by molar-refractivity contribution is -0.137. The van der Waals surface area contributed by atoms with E-state index in [1.807, 2.05) is 35.9 Å². The minimum absolute atomic E-state index is 0.115. The number of rotatable bonds is 4. The van der Waals surface area contributed by atoms with Gasteiger partial charge in [0.05, 0.1) is 18.8 Å². The van der Waals surface area contributed by atoms with Gasteiger partial charge in [-0.25, -0.2) is 0 Å². The molecule has 21 heavy (non-hydrogen) atoms. The standard InChI is InChI=1S/C14H15N3O3S/c1-17-13(9-3-5-10(19-2)6-4-9)15-16-14(17)21-11-7-12(18)20-8-11/h3-6,11H,7-8H2,1-2H3. The van der Waals surface area contributed by atoms with Crippen LogP contribution >= 0.6 is 11.8 Å². The number of carbonyl (C=O) groups is 1. The molecule has 2 heterocycles. The topological polar surface area (TPSA) is 66.2 Å². The summed E-state index contributed by atoms with van der Waals surface area (Å²) in [5, 5.41) is 9.33. The third-order valence-corrected chi connectivity index (χ3v) is 4.48. The second-order valence-corrected chi connectivity index (χ2v) is 5.99. The van der Waals surface area contributed by atoms with Crippen molar-refractivity contribution in [1.29, 1.82) is 0 Å². The van der Waals surface area contributed by atoms with Gasteiger partial charge in [-0.05, 0) is 24.3 Å². The first-order valence-corrected chi connectivity index (χ1v) is 7.41. The number of thioether (sulfide) groups is 1. The Morgan fingerprint density at radius 2 is 2.10 bits per heavy atom. The summed E-state index contributed by atoms with van der Waals surface area (Å²) in [6.45, 7) is 0.439. The van der Waals surface area contributed by atoms with E-state index in [0.29, 0.717) is 13.0 Å². The van der Waals surface area contributed by atoms with Crippen LogP contribution in [-0.4, -0.2) is 39.7 Å². The number of nitrogens with zero attached hydrogens (tertiary/aromatic N) is 3. The molecule has 0 N–H and O–H groups in total. The fourth-order valence-corrected chi connectivity index (χ4v) is 3.11. The molecule has 6 nitrogen and oxygen atoms in total. The van der Waals surface area contributed by atoms with Crippen molar-refractivity contribution >= 4 is 17.7 Å². The maximum absolute atomic E-state index is 11.1. The van der Waals surface area contributed by atoms with Crippen molar-refractivity contribution in [1.82, 2.24) is 14.8 Å². The monoisotopic (exact) mass is 305 g/mol. The Morgan fingerprint density at radius 3 is 2.71 bits per heavy atom. The van der Waals surface area contributed by atoms with Crippen molar-refractivity contribution in [2.75, 3.05) is 13.7 Å². The highest BCUT2D eigenvalue weighted by atomic mass is 32.2. The van der Waals surface area contributed by atoms with E-state index in [1.54, 1.807) is 7.11 Å². The number of benzene rings is 1. The summed E-state index contributed by atoms with van der Waals surface area (Å²) in [6.07, 6.45) is 0.426. The van der Waals surface area contributed by atoms with E-state index >= 15 is 0 Å². The summed E-state index contributed by atoms with van der Waals surface area (Å²) in [5.41, 5.74) is 0.969. The maximum Gasteiger partial charge on any atom is 0.307 e. The Kier molecular flexibility index (Phi) is 3.83. The van der Waals surface area contributed by atoms with Crippen LogP contribution in [0.15, 0.2) is 29.4 Å². The molecule has 1 fully saturated rings.